The lowest BCUT2D eigenvalue weighted by atomic mass is 10.1. The smallest absolute Gasteiger partial charge is 0.191 e. The molecule has 0 radical (unpaired) electrons. The van der Waals surface area contributed by atoms with Gasteiger partial charge in [0, 0.05) is 31.7 Å². The molecule has 0 amide bonds. The van der Waals surface area contributed by atoms with Crippen molar-refractivity contribution in [2.75, 3.05) is 46.0 Å². The number of aliphatic imine (C=N–C) groups is 1. The maximum atomic E-state index is 5.92. The van der Waals surface area contributed by atoms with Gasteiger partial charge in [-0.2, -0.15) is 0 Å². The fraction of sp³-hybridized carbons (Fsp3) is 0.650. The number of hydrogen-bond acceptors (Lipinski definition) is 4. The molecule has 146 valence electrons. The number of ether oxygens (including phenoxy) is 2. The Balaban J connectivity index is 1.85. The third-order valence-electron chi connectivity index (χ3n) is 3.94. The molecule has 1 aliphatic heterocycles. The molecule has 0 atom stereocenters. The van der Waals surface area contributed by atoms with E-state index in [0.717, 1.165) is 56.7 Å². The predicted molar refractivity (Wildman–Crippen MR) is 107 cm³/mol. The van der Waals surface area contributed by atoms with Gasteiger partial charge in [0.15, 0.2) is 5.96 Å². The van der Waals surface area contributed by atoms with Gasteiger partial charge in [0.1, 0.15) is 12.4 Å². The summed E-state index contributed by atoms with van der Waals surface area (Å²) in [7, 11) is 0. The van der Waals surface area contributed by atoms with E-state index < -0.39 is 0 Å². The number of hydrogen-bond donors (Lipinski definition) is 2. The van der Waals surface area contributed by atoms with E-state index in [2.05, 4.69) is 60.4 Å². The summed E-state index contributed by atoms with van der Waals surface area (Å²) in [6.45, 7) is 15.2. The Kier molecular flexibility index (Phi) is 8.19. The van der Waals surface area contributed by atoms with Gasteiger partial charge in [0.05, 0.1) is 19.8 Å². The molecule has 6 heteroatoms. The summed E-state index contributed by atoms with van der Waals surface area (Å²) >= 11 is 0. The van der Waals surface area contributed by atoms with Crippen LogP contribution in [0.1, 0.15) is 33.3 Å². The Hall–Kier alpha value is -1.79. The topological polar surface area (TPSA) is 58.1 Å². The lowest BCUT2D eigenvalue weighted by Gasteiger charge is -2.26. The number of nitrogens with one attached hydrogen (secondary N) is 2. The van der Waals surface area contributed by atoms with Gasteiger partial charge in [0.25, 0.3) is 0 Å². The first-order valence-electron chi connectivity index (χ1n) is 9.54. The average molecular weight is 363 g/mol. The van der Waals surface area contributed by atoms with Gasteiger partial charge < -0.3 is 20.1 Å². The second kappa shape index (κ2) is 10.4. The van der Waals surface area contributed by atoms with Crippen molar-refractivity contribution >= 4 is 5.96 Å². The Morgan fingerprint density at radius 3 is 2.73 bits per heavy atom. The van der Waals surface area contributed by atoms with Gasteiger partial charge in [-0.1, -0.05) is 12.1 Å². The van der Waals surface area contributed by atoms with Crippen LogP contribution in [-0.2, 0) is 11.3 Å². The molecular weight excluding hydrogens is 328 g/mol. The van der Waals surface area contributed by atoms with Crippen LogP contribution in [0.5, 0.6) is 5.75 Å². The fourth-order valence-electron chi connectivity index (χ4n) is 2.68. The van der Waals surface area contributed by atoms with Crippen molar-refractivity contribution in [3.8, 4) is 5.75 Å². The summed E-state index contributed by atoms with van der Waals surface area (Å²) in [5.41, 5.74) is 1.12. The van der Waals surface area contributed by atoms with Crippen molar-refractivity contribution in [3.05, 3.63) is 29.8 Å². The van der Waals surface area contributed by atoms with Crippen LogP contribution >= 0.6 is 0 Å². The first-order chi connectivity index (χ1) is 12.5. The monoisotopic (exact) mass is 362 g/mol. The van der Waals surface area contributed by atoms with E-state index in [1.54, 1.807) is 0 Å². The van der Waals surface area contributed by atoms with E-state index >= 15 is 0 Å². The average Bonchev–Trinajstić information content (AvgIpc) is 2.60. The van der Waals surface area contributed by atoms with E-state index in [4.69, 9.17) is 9.47 Å². The molecular formula is C20H34N4O2. The van der Waals surface area contributed by atoms with Crippen LogP contribution in [-0.4, -0.2) is 62.4 Å². The first kappa shape index (κ1) is 20.5. The van der Waals surface area contributed by atoms with Crippen LogP contribution in [0.3, 0.4) is 0 Å². The molecule has 2 N–H and O–H groups in total. The summed E-state index contributed by atoms with van der Waals surface area (Å²) < 4.78 is 11.3. The lowest BCUT2D eigenvalue weighted by molar-refractivity contribution is 0.0322. The summed E-state index contributed by atoms with van der Waals surface area (Å²) in [5.74, 6) is 1.73. The second-order valence-corrected chi connectivity index (χ2v) is 7.52. The standard InChI is InChI=1S/C20H34N4O2/c1-5-21-19(23-20(2,3)4)22-16-17-7-6-8-18(15-17)26-14-11-24-9-12-25-13-10-24/h6-8,15H,5,9-14,16H2,1-4H3,(H2,21,22,23). The van der Waals surface area contributed by atoms with Gasteiger partial charge in [-0.3, -0.25) is 4.90 Å². The third-order valence-corrected chi connectivity index (χ3v) is 3.94. The number of nitrogens with zero attached hydrogens (tertiary/aromatic N) is 2. The minimum atomic E-state index is -0.0224. The summed E-state index contributed by atoms with van der Waals surface area (Å²) in [4.78, 5) is 7.05. The number of guanidine groups is 1. The molecule has 0 aromatic heterocycles. The number of benzene rings is 1. The molecule has 0 aliphatic carbocycles. The van der Waals surface area contributed by atoms with Crippen LogP contribution < -0.4 is 15.4 Å². The minimum Gasteiger partial charge on any atom is -0.492 e. The largest absolute Gasteiger partial charge is 0.492 e. The van der Waals surface area contributed by atoms with Crippen LogP contribution in [0.2, 0.25) is 0 Å². The Morgan fingerprint density at radius 2 is 2.04 bits per heavy atom. The van der Waals surface area contributed by atoms with Gasteiger partial charge in [0.2, 0.25) is 0 Å². The molecule has 0 saturated carbocycles. The summed E-state index contributed by atoms with van der Waals surface area (Å²) in [6, 6.07) is 8.19. The van der Waals surface area contributed by atoms with Crippen LogP contribution in [0.4, 0.5) is 0 Å². The SMILES string of the molecule is CCNC(=NCc1cccc(OCCN2CCOCC2)c1)NC(C)(C)C. The minimum absolute atomic E-state index is 0.0224. The normalized spacial score (nSPS) is 16.4. The fourth-order valence-corrected chi connectivity index (χ4v) is 2.68. The highest BCUT2D eigenvalue weighted by Gasteiger charge is 2.12. The van der Waals surface area contributed by atoms with Gasteiger partial charge >= 0.3 is 0 Å². The third kappa shape index (κ3) is 8.06. The Morgan fingerprint density at radius 1 is 1.27 bits per heavy atom. The zero-order valence-electron chi connectivity index (χ0n) is 16.7. The maximum Gasteiger partial charge on any atom is 0.191 e. The van der Waals surface area contributed by atoms with E-state index in [-0.39, 0.29) is 5.54 Å². The van der Waals surface area contributed by atoms with Crippen molar-refractivity contribution in [1.82, 2.24) is 15.5 Å². The molecule has 1 saturated heterocycles. The van der Waals surface area contributed by atoms with Crippen LogP contribution in [0, 0.1) is 0 Å². The number of morpholine rings is 1. The molecule has 0 bridgehead atoms. The summed E-state index contributed by atoms with van der Waals surface area (Å²) in [5, 5.41) is 6.69. The van der Waals surface area contributed by atoms with E-state index in [0.29, 0.717) is 13.2 Å². The maximum absolute atomic E-state index is 5.92. The molecule has 1 fully saturated rings. The highest BCUT2D eigenvalue weighted by atomic mass is 16.5. The second-order valence-electron chi connectivity index (χ2n) is 7.52. The van der Waals surface area contributed by atoms with Crippen LogP contribution in [0.25, 0.3) is 0 Å². The molecule has 2 rings (SSSR count). The zero-order chi connectivity index (χ0) is 18.8. The molecule has 0 spiro atoms. The van der Waals surface area contributed by atoms with Gasteiger partial charge in [-0.05, 0) is 45.4 Å². The van der Waals surface area contributed by atoms with Crippen molar-refractivity contribution in [2.45, 2.75) is 39.8 Å². The van der Waals surface area contributed by atoms with E-state index in [1.165, 1.54) is 0 Å². The Labute approximate surface area is 158 Å². The van der Waals surface area contributed by atoms with Crippen molar-refractivity contribution in [2.24, 2.45) is 4.99 Å². The highest BCUT2D eigenvalue weighted by Crippen LogP contribution is 2.14. The van der Waals surface area contributed by atoms with Crippen LogP contribution in [0.15, 0.2) is 29.3 Å². The molecule has 6 nitrogen and oxygen atoms in total. The molecule has 1 heterocycles. The zero-order valence-corrected chi connectivity index (χ0v) is 16.7. The highest BCUT2D eigenvalue weighted by molar-refractivity contribution is 5.80. The van der Waals surface area contributed by atoms with E-state index in [1.807, 2.05) is 12.1 Å². The molecule has 0 unspecified atom stereocenters. The quantitative estimate of drug-likeness (QED) is 0.576. The first-order valence-corrected chi connectivity index (χ1v) is 9.54. The van der Waals surface area contributed by atoms with E-state index in [9.17, 15) is 0 Å². The van der Waals surface area contributed by atoms with Crippen molar-refractivity contribution < 1.29 is 9.47 Å². The van der Waals surface area contributed by atoms with Gasteiger partial charge in [-0.15, -0.1) is 0 Å². The molecule has 26 heavy (non-hydrogen) atoms. The lowest BCUT2D eigenvalue weighted by Crippen LogP contribution is -2.47. The van der Waals surface area contributed by atoms with Crippen molar-refractivity contribution in [3.63, 3.8) is 0 Å². The summed E-state index contributed by atoms with van der Waals surface area (Å²) in [6.07, 6.45) is 0. The molecule has 1 aromatic rings. The molecule has 1 aliphatic rings. The number of rotatable bonds is 7. The van der Waals surface area contributed by atoms with Crippen molar-refractivity contribution in [1.29, 1.82) is 0 Å². The molecule has 1 aromatic carbocycles. The predicted octanol–water partition coefficient (Wildman–Crippen LogP) is 2.25. The Bertz CT molecular complexity index is 563. The van der Waals surface area contributed by atoms with Gasteiger partial charge in [-0.25, -0.2) is 4.99 Å².